The van der Waals surface area contributed by atoms with Gasteiger partial charge in [0, 0.05) is 12.3 Å². The number of aliphatic hydroxyl groups excluding tert-OH is 1. The zero-order chi connectivity index (χ0) is 22.9. The van der Waals surface area contributed by atoms with E-state index in [9.17, 15) is 33.5 Å². The molecule has 2 heterocycles. The highest BCUT2D eigenvalue weighted by atomic mass is 31.3. The van der Waals surface area contributed by atoms with Gasteiger partial charge >= 0.3 is 29.6 Å². The second-order valence-electron chi connectivity index (χ2n) is 5.65. The Morgan fingerprint density at radius 3 is 2.53 bits per heavy atom. The van der Waals surface area contributed by atoms with E-state index in [1.54, 1.807) is 0 Å². The van der Waals surface area contributed by atoms with Crippen LogP contribution in [0.4, 0.5) is 0 Å². The van der Waals surface area contributed by atoms with E-state index in [-0.39, 0.29) is 0 Å². The molecule has 2 rings (SSSR count). The van der Waals surface area contributed by atoms with Crippen LogP contribution in [0.1, 0.15) is 6.23 Å². The number of terminal acetylenes is 1. The highest BCUT2D eigenvalue weighted by Gasteiger charge is 2.56. The second-order valence-corrected chi connectivity index (χ2v) is 9.74. The van der Waals surface area contributed by atoms with Gasteiger partial charge in [-0.1, -0.05) is 5.92 Å². The van der Waals surface area contributed by atoms with Crippen LogP contribution in [-0.4, -0.2) is 58.9 Å². The number of aromatic nitrogens is 2. The molecule has 6 atom stereocenters. The Labute approximate surface area is 166 Å². The number of ether oxygens (including phenoxy) is 1. The number of H-pyrrole nitrogens is 1. The van der Waals surface area contributed by atoms with Crippen molar-refractivity contribution in [3.8, 4) is 12.3 Å². The Morgan fingerprint density at radius 1 is 1.37 bits per heavy atom. The zero-order valence-electron chi connectivity index (χ0n) is 14.4. The van der Waals surface area contributed by atoms with Crippen molar-refractivity contribution in [3.05, 3.63) is 33.1 Å². The molecule has 16 nitrogen and oxygen atoms in total. The smallest absolute Gasteiger partial charge is 0.386 e. The number of phosphoric acid groups is 2. The van der Waals surface area contributed by atoms with Crippen LogP contribution in [0.3, 0.4) is 0 Å². The Balaban J connectivity index is 2.12. The second kappa shape index (κ2) is 8.97. The van der Waals surface area contributed by atoms with Crippen molar-refractivity contribution in [2.24, 2.45) is 0 Å². The van der Waals surface area contributed by atoms with Gasteiger partial charge in [-0.15, -0.1) is 6.42 Å². The molecular weight excluding hydrogens is 477 g/mol. The van der Waals surface area contributed by atoms with Gasteiger partial charge in [0.2, 0.25) is 0 Å². The molecule has 168 valence electrons. The summed E-state index contributed by atoms with van der Waals surface area (Å²) in [6.45, 7) is -0.881. The van der Waals surface area contributed by atoms with Gasteiger partial charge in [0.05, 0.1) is 6.61 Å². The molecule has 2 unspecified atom stereocenters. The van der Waals surface area contributed by atoms with Crippen LogP contribution in [0.15, 0.2) is 21.9 Å². The van der Waals surface area contributed by atoms with Crippen molar-refractivity contribution in [1.29, 1.82) is 0 Å². The van der Waals surface area contributed by atoms with Crippen LogP contribution in [0.25, 0.3) is 0 Å². The molecule has 1 aromatic heterocycles. The summed E-state index contributed by atoms with van der Waals surface area (Å²) in [4.78, 5) is 51.0. The zero-order valence-corrected chi connectivity index (χ0v) is 17.2. The van der Waals surface area contributed by atoms with E-state index in [1.165, 1.54) is 0 Å². The molecule has 0 radical (unpaired) electrons. The lowest BCUT2D eigenvalue weighted by Crippen LogP contribution is -2.48. The monoisotopic (exact) mass is 492 g/mol. The first-order chi connectivity index (χ1) is 13.7. The average Bonchev–Trinajstić information content (AvgIpc) is 2.83. The first-order valence-electron chi connectivity index (χ1n) is 7.49. The molecule has 30 heavy (non-hydrogen) atoms. The van der Waals surface area contributed by atoms with Gasteiger partial charge in [-0.2, -0.15) is 4.31 Å². The standard InChI is InChI=1S/C11H15N2O14P3/c1-2-11(17)8(15)6(25-9(11)13-4-3-7(14)12-10(13)16)5-24-28(18)26-30(22,23)27-29(19,20)21/h1,3-4,6,8-9,15,17,28H,5H2,(H,22,23)(H,12,14,16)(H2,19,20,21)/t6-,8-,9-,11-/m1/s1. The molecule has 6 N–H and O–H groups in total. The summed E-state index contributed by atoms with van der Waals surface area (Å²) in [6, 6.07) is 0.907. The third-order valence-corrected chi connectivity index (χ3v) is 7.18. The van der Waals surface area contributed by atoms with E-state index in [2.05, 4.69) is 13.1 Å². The summed E-state index contributed by atoms with van der Waals surface area (Å²) in [5.41, 5.74) is -4.31. The van der Waals surface area contributed by atoms with Gasteiger partial charge in [-0.3, -0.25) is 18.9 Å². The highest BCUT2D eigenvalue weighted by Crippen LogP contribution is 2.61. The van der Waals surface area contributed by atoms with Crippen molar-refractivity contribution in [2.75, 3.05) is 6.61 Å². The molecule has 1 aromatic rings. The summed E-state index contributed by atoms with van der Waals surface area (Å²) in [5, 5.41) is 20.7. The maximum absolute atomic E-state index is 11.9. The number of hydrogen-bond acceptors (Lipinski definition) is 11. The molecule has 0 spiro atoms. The molecule has 1 aliphatic heterocycles. The van der Waals surface area contributed by atoms with E-state index in [4.69, 9.17) is 25.8 Å². The number of nitrogens with zero attached hydrogens (tertiary/aromatic N) is 1. The molecule has 0 aliphatic carbocycles. The first-order valence-corrected chi connectivity index (χ1v) is 11.7. The summed E-state index contributed by atoms with van der Waals surface area (Å²) in [7, 11) is -14.9. The molecule has 0 bridgehead atoms. The van der Waals surface area contributed by atoms with E-state index in [0.717, 1.165) is 12.3 Å². The van der Waals surface area contributed by atoms with Crippen molar-refractivity contribution in [3.63, 3.8) is 0 Å². The third-order valence-electron chi connectivity index (χ3n) is 3.58. The largest absolute Gasteiger partial charge is 0.488 e. The van der Waals surface area contributed by atoms with E-state index in [0.29, 0.717) is 4.57 Å². The lowest BCUT2D eigenvalue weighted by atomic mass is 9.95. The SMILES string of the molecule is C#C[C@@]1(O)[C@H](O)[C@@H](CO[PH](=O)OP(=O)(O)OP(=O)(O)O)O[C@H]1n1ccc(=O)[nH]c1=O. The number of rotatable bonds is 8. The van der Waals surface area contributed by atoms with Gasteiger partial charge in [-0.25, -0.2) is 18.2 Å². The average molecular weight is 492 g/mol. The number of hydrogen-bond donors (Lipinski definition) is 6. The lowest BCUT2D eigenvalue weighted by Gasteiger charge is -2.26. The van der Waals surface area contributed by atoms with Crippen LogP contribution < -0.4 is 11.2 Å². The minimum Gasteiger partial charge on any atom is -0.386 e. The Bertz CT molecular complexity index is 1070. The number of aromatic amines is 1. The van der Waals surface area contributed by atoms with E-state index >= 15 is 0 Å². The predicted molar refractivity (Wildman–Crippen MR) is 94.0 cm³/mol. The van der Waals surface area contributed by atoms with Gasteiger partial charge < -0.3 is 34.2 Å². The van der Waals surface area contributed by atoms with Crippen LogP contribution in [0.5, 0.6) is 0 Å². The molecule has 19 heteroatoms. The van der Waals surface area contributed by atoms with Crippen LogP contribution in [-0.2, 0) is 31.6 Å². The van der Waals surface area contributed by atoms with Gasteiger partial charge in [-0.05, 0) is 0 Å². The predicted octanol–water partition coefficient (Wildman–Crippen LogP) is -2.21. The summed E-state index contributed by atoms with van der Waals surface area (Å²) in [6.07, 6.45) is 0.926. The minimum absolute atomic E-state index is 0.667. The quantitative estimate of drug-likeness (QED) is 0.167. The third kappa shape index (κ3) is 5.83. The Kier molecular flexibility index (Phi) is 7.43. The first kappa shape index (κ1) is 24.8. The minimum atomic E-state index is -5.47. The lowest BCUT2D eigenvalue weighted by molar-refractivity contribution is -0.0754. The molecule has 1 aliphatic rings. The summed E-state index contributed by atoms with van der Waals surface area (Å²) < 4.78 is 51.3. The molecule has 0 aromatic carbocycles. The summed E-state index contributed by atoms with van der Waals surface area (Å²) in [5.74, 6) is 1.84. The maximum Gasteiger partial charge on any atom is 0.488 e. The molecule has 1 saturated heterocycles. The van der Waals surface area contributed by atoms with Crippen molar-refractivity contribution >= 4 is 23.9 Å². The van der Waals surface area contributed by atoms with E-state index in [1.807, 2.05) is 10.9 Å². The fourth-order valence-corrected chi connectivity index (χ4v) is 5.15. The van der Waals surface area contributed by atoms with Crippen molar-refractivity contribution in [1.82, 2.24) is 9.55 Å². The topological polar surface area (TPSA) is 244 Å². The van der Waals surface area contributed by atoms with Gasteiger partial charge in [0.25, 0.3) is 5.56 Å². The number of nitrogens with one attached hydrogen (secondary N) is 1. The van der Waals surface area contributed by atoms with Crippen LogP contribution in [0, 0.1) is 12.3 Å². The number of aliphatic hydroxyl groups is 2. The summed E-state index contributed by atoms with van der Waals surface area (Å²) >= 11 is 0. The normalized spacial score (nSPS) is 29.8. The van der Waals surface area contributed by atoms with Crippen LogP contribution >= 0.6 is 23.9 Å². The Hall–Kier alpha value is -1.43. The fraction of sp³-hybridized carbons (Fsp3) is 0.455. The van der Waals surface area contributed by atoms with E-state index < -0.39 is 65.8 Å². The van der Waals surface area contributed by atoms with Crippen LogP contribution in [0.2, 0.25) is 0 Å². The Morgan fingerprint density at radius 2 is 2.00 bits per heavy atom. The molecule has 1 fully saturated rings. The molecule has 0 amide bonds. The van der Waals surface area contributed by atoms with Gasteiger partial charge in [0.15, 0.2) is 11.8 Å². The molecule has 0 saturated carbocycles. The van der Waals surface area contributed by atoms with Crippen molar-refractivity contribution < 1.29 is 56.5 Å². The van der Waals surface area contributed by atoms with Crippen molar-refractivity contribution in [2.45, 2.75) is 24.0 Å². The maximum atomic E-state index is 11.9. The fourth-order valence-electron chi connectivity index (χ4n) is 2.37. The highest BCUT2D eigenvalue weighted by molar-refractivity contribution is 7.64. The van der Waals surface area contributed by atoms with Gasteiger partial charge in [0.1, 0.15) is 12.2 Å². The molecular formula is C11H15N2O14P3.